The van der Waals surface area contributed by atoms with Crippen LogP contribution in [0.4, 0.5) is 0 Å². The standard InChI is InChI=1S/C13H20N4O3/c1-9-5-17(7-12(8-18)20-9)6-11-3-2-10(4-15-11)13(19)16-14/h2-4,9,12,18H,5-8,14H2,1H3,(H,16,19). The number of aliphatic hydroxyl groups is 1. The van der Waals surface area contributed by atoms with Crippen molar-refractivity contribution in [2.24, 2.45) is 5.84 Å². The average molecular weight is 280 g/mol. The molecule has 2 rings (SSSR count). The van der Waals surface area contributed by atoms with Crippen molar-refractivity contribution in [1.82, 2.24) is 15.3 Å². The third kappa shape index (κ3) is 3.73. The van der Waals surface area contributed by atoms with Gasteiger partial charge in [-0.1, -0.05) is 0 Å². The van der Waals surface area contributed by atoms with Gasteiger partial charge in [0.05, 0.1) is 30.1 Å². The summed E-state index contributed by atoms with van der Waals surface area (Å²) in [5.74, 6) is 4.71. The Bertz CT molecular complexity index is 451. The van der Waals surface area contributed by atoms with Crippen LogP contribution in [0.5, 0.6) is 0 Å². The number of nitrogens with two attached hydrogens (primary N) is 1. The molecule has 1 fully saturated rings. The number of aliphatic hydroxyl groups excluding tert-OH is 1. The normalized spacial score (nSPS) is 23.6. The number of hydrogen-bond acceptors (Lipinski definition) is 6. The maximum atomic E-state index is 11.3. The van der Waals surface area contributed by atoms with Crippen molar-refractivity contribution in [1.29, 1.82) is 0 Å². The fourth-order valence-electron chi connectivity index (χ4n) is 2.34. The van der Waals surface area contributed by atoms with Gasteiger partial charge in [0.2, 0.25) is 0 Å². The third-order valence-corrected chi connectivity index (χ3v) is 3.21. The smallest absolute Gasteiger partial charge is 0.266 e. The highest BCUT2D eigenvalue weighted by molar-refractivity contribution is 5.93. The number of nitrogen functional groups attached to an aromatic ring is 1. The molecule has 110 valence electrons. The summed E-state index contributed by atoms with van der Waals surface area (Å²) in [6, 6.07) is 3.50. The molecule has 1 aromatic heterocycles. The molecule has 1 saturated heterocycles. The van der Waals surface area contributed by atoms with Gasteiger partial charge in [0.15, 0.2) is 0 Å². The van der Waals surface area contributed by atoms with Crippen LogP contribution in [0.2, 0.25) is 0 Å². The quantitative estimate of drug-likeness (QED) is 0.382. The lowest BCUT2D eigenvalue weighted by molar-refractivity contribution is -0.0974. The van der Waals surface area contributed by atoms with Gasteiger partial charge in [-0.3, -0.25) is 20.1 Å². The van der Waals surface area contributed by atoms with Crippen LogP contribution in [0.3, 0.4) is 0 Å². The molecule has 7 heteroatoms. The van der Waals surface area contributed by atoms with Crippen LogP contribution in [0.15, 0.2) is 18.3 Å². The summed E-state index contributed by atoms with van der Waals surface area (Å²) in [5.41, 5.74) is 3.36. The van der Waals surface area contributed by atoms with Crippen molar-refractivity contribution in [2.45, 2.75) is 25.7 Å². The fourth-order valence-corrected chi connectivity index (χ4v) is 2.34. The van der Waals surface area contributed by atoms with Gasteiger partial charge in [-0.05, 0) is 19.1 Å². The highest BCUT2D eigenvalue weighted by Gasteiger charge is 2.24. The number of ether oxygens (including phenoxy) is 1. The molecule has 2 atom stereocenters. The maximum absolute atomic E-state index is 11.3. The summed E-state index contributed by atoms with van der Waals surface area (Å²) in [6.45, 7) is 4.13. The Morgan fingerprint density at radius 3 is 3.00 bits per heavy atom. The molecular weight excluding hydrogens is 260 g/mol. The van der Waals surface area contributed by atoms with Crippen molar-refractivity contribution in [3.63, 3.8) is 0 Å². The lowest BCUT2D eigenvalue weighted by Crippen LogP contribution is -2.47. The number of carbonyl (C=O) groups excluding carboxylic acids is 1. The molecule has 7 nitrogen and oxygen atoms in total. The zero-order valence-electron chi connectivity index (χ0n) is 11.5. The zero-order valence-corrected chi connectivity index (χ0v) is 11.5. The van der Waals surface area contributed by atoms with Crippen LogP contribution >= 0.6 is 0 Å². The third-order valence-electron chi connectivity index (χ3n) is 3.21. The first kappa shape index (κ1) is 14.9. The lowest BCUT2D eigenvalue weighted by Gasteiger charge is -2.35. The first-order valence-electron chi connectivity index (χ1n) is 6.57. The van der Waals surface area contributed by atoms with Gasteiger partial charge in [-0.25, -0.2) is 5.84 Å². The van der Waals surface area contributed by atoms with Crippen LogP contribution in [0, 0.1) is 0 Å². The Balaban J connectivity index is 1.97. The molecule has 4 N–H and O–H groups in total. The molecule has 0 spiro atoms. The molecule has 1 aromatic rings. The second-order valence-corrected chi connectivity index (χ2v) is 4.96. The number of rotatable bonds is 4. The number of carbonyl (C=O) groups is 1. The summed E-state index contributed by atoms with van der Waals surface area (Å²) in [4.78, 5) is 17.7. The van der Waals surface area contributed by atoms with E-state index in [2.05, 4.69) is 15.3 Å². The summed E-state index contributed by atoms with van der Waals surface area (Å²) >= 11 is 0. The Kier molecular flexibility index (Phi) is 5.02. The van der Waals surface area contributed by atoms with E-state index in [0.29, 0.717) is 18.7 Å². The van der Waals surface area contributed by atoms with E-state index in [0.717, 1.165) is 12.2 Å². The number of hydrazine groups is 1. The second kappa shape index (κ2) is 6.76. The highest BCUT2D eigenvalue weighted by atomic mass is 16.5. The van der Waals surface area contributed by atoms with Crippen LogP contribution in [-0.4, -0.2) is 52.8 Å². The number of pyridine rings is 1. The highest BCUT2D eigenvalue weighted by Crippen LogP contribution is 2.13. The van der Waals surface area contributed by atoms with Crippen LogP contribution in [-0.2, 0) is 11.3 Å². The fraction of sp³-hybridized carbons (Fsp3) is 0.538. The predicted molar refractivity (Wildman–Crippen MR) is 72.6 cm³/mol. The van der Waals surface area contributed by atoms with Gasteiger partial charge >= 0.3 is 0 Å². The topological polar surface area (TPSA) is 101 Å². The minimum atomic E-state index is -0.357. The number of morpholine rings is 1. The molecule has 20 heavy (non-hydrogen) atoms. The Labute approximate surface area is 117 Å². The van der Waals surface area contributed by atoms with E-state index in [4.69, 9.17) is 10.6 Å². The van der Waals surface area contributed by atoms with Gasteiger partial charge in [0.1, 0.15) is 0 Å². The second-order valence-electron chi connectivity index (χ2n) is 4.96. The monoisotopic (exact) mass is 280 g/mol. The van der Waals surface area contributed by atoms with Crippen molar-refractivity contribution in [3.05, 3.63) is 29.6 Å². The SMILES string of the molecule is CC1CN(Cc2ccc(C(=O)NN)cn2)CC(CO)O1. The van der Waals surface area contributed by atoms with Gasteiger partial charge in [-0.2, -0.15) is 0 Å². The lowest BCUT2D eigenvalue weighted by atomic mass is 10.2. The van der Waals surface area contributed by atoms with E-state index in [9.17, 15) is 9.90 Å². The number of aromatic nitrogens is 1. The van der Waals surface area contributed by atoms with Gasteiger partial charge in [0.25, 0.3) is 5.91 Å². The number of nitrogens with zero attached hydrogens (tertiary/aromatic N) is 2. The summed E-state index contributed by atoms with van der Waals surface area (Å²) in [7, 11) is 0. The Morgan fingerprint density at radius 2 is 2.40 bits per heavy atom. The molecule has 2 heterocycles. The molecule has 0 saturated carbocycles. The Hall–Kier alpha value is -1.54. The summed E-state index contributed by atoms with van der Waals surface area (Å²) in [6.07, 6.45) is 1.44. The molecule has 0 radical (unpaired) electrons. The number of amides is 1. The van der Waals surface area contributed by atoms with Crippen molar-refractivity contribution < 1.29 is 14.6 Å². The van der Waals surface area contributed by atoms with Crippen LogP contribution in [0.25, 0.3) is 0 Å². The molecule has 1 aliphatic rings. The first-order chi connectivity index (χ1) is 9.62. The minimum Gasteiger partial charge on any atom is -0.394 e. The largest absolute Gasteiger partial charge is 0.394 e. The van der Waals surface area contributed by atoms with E-state index < -0.39 is 0 Å². The van der Waals surface area contributed by atoms with E-state index in [-0.39, 0.29) is 24.7 Å². The molecule has 0 aliphatic carbocycles. The summed E-state index contributed by atoms with van der Waals surface area (Å²) < 4.78 is 5.59. The van der Waals surface area contributed by atoms with Gasteiger partial charge in [-0.15, -0.1) is 0 Å². The van der Waals surface area contributed by atoms with E-state index in [1.807, 2.05) is 6.92 Å². The molecular formula is C13H20N4O3. The van der Waals surface area contributed by atoms with Crippen LogP contribution < -0.4 is 11.3 Å². The van der Waals surface area contributed by atoms with Crippen LogP contribution in [0.1, 0.15) is 23.0 Å². The van der Waals surface area contributed by atoms with Crippen molar-refractivity contribution in [2.75, 3.05) is 19.7 Å². The van der Waals surface area contributed by atoms with Crippen molar-refractivity contribution >= 4 is 5.91 Å². The molecule has 1 aliphatic heterocycles. The number of nitrogens with one attached hydrogen (secondary N) is 1. The summed E-state index contributed by atoms with van der Waals surface area (Å²) in [5, 5.41) is 9.19. The predicted octanol–water partition coefficient (Wildman–Crippen LogP) is -0.733. The number of hydrogen-bond donors (Lipinski definition) is 3. The maximum Gasteiger partial charge on any atom is 0.266 e. The van der Waals surface area contributed by atoms with E-state index >= 15 is 0 Å². The van der Waals surface area contributed by atoms with E-state index in [1.54, 1.807) is 12.1 Å². The van der Waals surface area contributed by atoms with Crippen molar-refractivity contribution in [3.8, 4) is 0 Å². The first-order valence-corrected chi connectivity index (χ1v) is 6.57. The minimum absolute atomic E-state index is 0.0177. The van der Waals surface area contributed by atoms with E-state index in [1.165, 1.54) is 6.20 Å². The zero-order chi connectivity index (χ0) is 14.5. The molecule has 0 bridgehead atoms. The molecule has 1 amide bonds. The van der Waals surface area contributed by atoms with Gasteiger partial charge < -0.3 is 9.84 Å². The molecule has 0 aromatic carbocycles. The molecule has 2 unspecified atom stereocenters. The Morgan fingerprint density at radius 1 is 1.60 bits per heavy atom. The van der Waals surface area contributed by atoms with Gasteiger partial charge in [0, 0.05) is 25.8 Å². The average Bonchev–Trinajstić information content (AvgIpc) is 2.46.